The van der Waals surface area contributed by atoms with Crippen molar-refractivity contribution >= 4 is 0 Å². The number of hydrogen-bond donors (Lipinski definition) is 1. The molecule has 0 spiro atoms. The second-order valence-corrected chi connectivity index (χ2v) is 3.20. The van der Waals surface area contributed by atoms with Gasteiger partial charge in [-0.2, -0.15) is 4.39 Å². The summed E-state index contributed by atoms with van der Waals surface area (Å²) >= 11 is 0. The van der Waals surface area contributed by atoms with Gasteiger partial charge in [-0.3, -0.25) is 0 Å². The van der Waals surface area contributed by atoms with E-state index in [-0.39, 0.29) is 6.10 Å². The van der Waals surface area contributed by atoms with Gasteiger partial charge >= 0.3 is 0 Å². The predicted octanol–water partition coefficient (Wildman–Crippen LogP) is 1.59. The summed E-state index contributed by atoms with van der Waals surface area (Å²) in [5, 5.41) is 2.83. The van der Waals surface area contributed by atoms with E-state index in [9.17, 15) is 17.6 Å². The summed E-state index contributed by atoms with van der Waals surface area (Å²) in [5.74, 6) is -7.24. The SMILES string of the molecule is Fc1cc(OC2CNC2)c(F)c(F)c1F. The van der Waals surface area contributed by atoms with Crippen molar-refractivity contribution in [1.82, 2.24) is 5.32 Å². The molecule has 6 heteroatoms. The Kier molecular flexibility index (Phi) is 2.52. The molecule has 0 atom stereocenters. The molecule has 1 heterocycles. The largest absolute Gasteiger partial charge is 0.484 e. The van der Waals surface area contributed by atoms with E-state index in [0.29, 0.717) is 19.2 Å². The van der Waals surface area contributed by atoms with Gasteiger partial charge in [0.05, 0.1) is 0 Å². The summed E-state index contributed by atoms with van der Waals surface area (Å²) in [6.07, 6.45) is -0.330. The van der Waals surface area contributed by atoms with Crippen LogP contribution in [0.5, 0.6) is 5.75 Å². The summed E-state index contributed by atoms with van der Waals surface area (Å²) in [5.41, 5.74) is 0. The Morgan fingerprint density at radius 1 is 1.07 bits per heavy atom. The van der Waals surface area contributed by atoms with Gasteiger partial charge in [-0.15, -0.1) is 0 Å². The van der Waals surface area contributed by atoms with Crippen LogP contribution in [0.1, 0.15) is 0 Å². The van der Waals surface area contributed by atoms with Crippen molar-refractivity contribution in [2.24, 2.45) is 0 Å². The predicted molar refractivity (Wildman–Crippen MR) is 43.6 cm³/mol. The third-order valence-electron chi connectivity index (χ3n) is 2.11. The van der Waals surface area contributed by atoms with Crippen LogP contribution in [0, 0.1) is 23.3 Å². The molecule has 1 saturated heterocycles. The van der Waals surface area contributed by atoms with Gasteiger partial charge < -0.3 is 10.1 Å². The Labute approximate surface area is 82.8 Å². The van der Waals surface area contributed by atoms with Crippen LogP contribution in [0.3, 0.4) is 0 Å². The van der Waals surface area contributed by atoms with E-state index >= 15 is 0 Å². The van der Waals surface area contributed by atoms with E-state index in [1.54, 1.807) is 0 Å². The topological polar surface area (TPSA) is 21.3 Å². The van der Waals surface area contributed by atoms with Crippen molar-refractivity contribution in [3.05, 3.63) is 29.3 Å². The molecule has 0 saturated carbocycles. The molecule has 82 valence electrons. The van der Waals surface area contributed by atoms with Crippen LogP contribution in [0.25, 0.3) is 0 Å². The first-order valence-corrected chi connectivity index (χ1v) is 4.30. The molecule has 0 aliphatic carbocycles. The number of halogens is 4. The molecule has 2 nitrogen and oxygen atoms in total. The number of nitrogens with one attached hydrogen (secondary N) is 1. The molecule has 0 unspecified atom stereocenters. The van der Waals surface area contributed by atoms with Crippen LogP contribution in [0.4, 0.5) is 17.6 Å². The number of rotatable bonds is 2. The Morgan fingerprint density at radius 3 is 2.27 bits per heavy atom. The summed E-state index contributed by atoms with van der Waals surface area (Å²) in [6.45, 7) is 0.945. The highest BCUT2D eigenvalue weighted by atomic mass is 19.2. The van der Waals surface area contributed by atoms with Crippen LogP contribution >= 0.6 is 0 Å². The molecular weight excluding hydrogens is 214 g/mol. The zero-order valence-corrected chi connectivity index (χ0v) is 7.49. The maximum absolute atomic E-state index is 13.0. The Bertz CT molecular complexity index is 392. The molecule has 0 radical (unpaired) electrons. The first-order chi connectivity index (χ1) is 7.09. The van der Waals surface area contributed by atoms with Gasteiger partial charge in [0.2, 0.25) is 11.6 Å². The third-order valence-corrected chi connectivity index (χ3v) is 2.11. The first kappa shape index (κ1) is 10.2. The molecule has 1 aliphatic heterocycles. The molecule has 0 bridgehead atoms. The van der Waals surface area contributed by atoms with Crippen molar-refractivity contribution in [3.63, 3.8) is 0 Å². The van der Waals surface area contributed by atoms with Crippen LogP contribution in [-0.4, -0.2) is 19.2 Å². The van der Waals surface area contributed by atoms with Crippen molar-refractivity contribution in [3.8, 4) is 5.75 Å². The van der Waals surface area contributed by atoms with E-state index in [2.05, 4.69) is 5.32 Å². The lowest BCUT2D eigenvalue weighted by Crippen LogP contribution is -2.50. The third kappa shape index (κ3) is 1.77. The lowest BCUT2D eigenvalue weighted by Gasteiger charge is -2.27. The van der Waals surface area contributed by atoms with Crippen LogP contribution in [-0.2, 0) is 0 Å². The second-order valence-electron chi connectivity index (χ2n) is 3.20. The van der Waals surface area contributed by atoms with Gasteiger partial charge in [-0.1, -0.05) is 0 Å². The van der Waals surface area contributed by atoms with Crippen molar-refractivity contribution in [2.75, 3.05) is 13.1 Å². The van der Waals surface area contributed by atoms with Gasteiger partial charge in [0.25, 0.3) is 0 Å². The summed E-state index contributed by atoms with van der Waals surface area (Å²) in [7, 11) is 0. The average molecular weight is 221 g/mol. The summed E-state index contributed by atoms with van der Waals surface area (Å²) in [4.78, 5) is 0. The van der Waals surface area contributed by atoms with Crippen molar-refractivity contribution in [1.29, 1.82) is 0 Å². The molecule has 1 N–H and O–H groups in total. The van der Waals surface area contributed by atoms with E-state index in [1.807, 2.05) is 0 Å². The fourth-order valence-electron chi connectivity index (χ4n) is 1.16. The van der Waals surface area contributed by atoms with Crippen molar-refractivity contribution < 1.29 is 22.3 Å². The minimum absolute atomic E-state index is 0.330. The minimum atomic E-state index is -1.85. The maximum atomic E-state index is 13.0. The zero-order valence-electron chi connectivity index (χ0n) is 7.49. The fraction of sp³-hybridized carbons (Fsp3) is 0.333. The number of hydrogen-bond acceptors (Lipinski definition) is 2. The highest BCUT2D eigenvalue weighted by Crippen LogP contribution is 2.25. The molecule has 0 amide bonds. The minimum Gasteiger partial charge on any atom is -0.484 e. The summed E-state index contributed by atoms with van der Waals surface area (Å²) < 4.78 is 56.0. The highest BCUT2D eigenvalue weighted by molar-refractivity contribution is 5.28. The average Bonchev–Trinajstić information content (AvgIpc) is 2.15. The molecule has 1 aromatic rings. The second kappa shape index (κ2) is 3.69. The lowest BCUT2D eigenvalue weighted by molar-refractivity contribution is 0.133. The number of ether oxygens (including phenoxy) is 1. The molecule has 0 aromatic heterocycles. The lowest BCUT2D eigenvalue weighted by atomic mass is 10.2. The summed E-state index contributed by atoms with van der Waals surface area (Å²) in [6, 6.07) is 0.506. The Hall–Kier alpha value is -1.30. The quantitative estimate of drug-likeness (QED) is 0.465. The smallest absolute Gasteiger partial charge is 0.203 e. The molecule has 15 heavy (non-hydrogen) atoms. The zero-order chi connectivity index (χ0) is 11.0. The van der Waals surface area contributed by atoms with Crippen LogP contribution in [0.2, 0.25) is 0 Å². The molecule has 2 rings (SSSR count). The van der Waals surface area contributed by atoms with Gasteiger partial charge in [0, 0.05) is 19.2 Å². The van der Waals surface area contributed by atoms with Crippen LogP contribution < -0.4 is 10.1 Å². The first-order valence-electron chi connectivity index (χ1n) is 4.30. The maximum Gasteiger partial charge on any atom is 0.203 e. The standard InChI is InChI=1S/C9H7F4NO/c10-5-1-6(15-4-2-14-3-4)8(12)9(13)7(5)11/h1,4,14H,2-3H2. The number of benzene rings is 1. The van der Waals surface area contributed by atoms with Gasteiger partial charge in [-0.05, 0) is 0 Å². The fourth-order valence-corrected chi connectivity index (χ4v) is 1.16. The van der Waals surface area contributed by atoms with Crippen LogP contribution in [0.15, 0.2) is 6.07 Å². The van der Waals surface area contributed by atoms with E-state index in [0.717, 1.165) is 0 Å². The van der Waals surface area contributed by atoms with E-state index < -0.39 is 29.0 Å². The molecule has 1 aromatic carbocycles. The highest BCUT2D eigenvalue weighted by Gasteiger charge is 2.24. The van der Waals surface area contributed by atoms with Crippen molar-refractivity contribution in [2.45, 2.75) is 6.10 Å². The Morgan fingerprint density at radius 2 is 1.73 bits per heavy atom. The molecule has 1 aliphatic rings. The monoisotopic (exact) mass is 221 g/mol. The van der Waals surface area contributed by atoms with Gasteiger partial charge in [0.1, 0.15) is 6.10 Å². The normalized spacial score (nSPS) is 16.3. The molecular formula is C9H7F4NO. The van der Waals surface area contributed by atoms with Gasteiger partial charge in [0.15, 0.2) is 17.4 Å². The van der Waals surface area contributed by atoms with E-state index in [4.69, 9.17) is 4.74 Å². The molecule has 1 fully saturated rings. The van der Waals surface area contributed by atoms with E-state index in [1.165, 1.54) is 0 Å². The Balaban J connectivity index is 2.30. The van der Waals surface area contributed by atoms with Gasteiger partial charge in [-0.25, -0.2) is 13.2 Å².